The first kappa shape index (κ1) is 30.1. The van der Waals surface area contributed by atoms with Crippen LogP contribution in [-0.4, -0.2) is 60.0 Å². The van der Waals surface area contributed by atoms with Gasteiger partial charge in [0.1, 0.15) is 17.1 Å². The van der Waals surface area contributed by atoms with Gasteiger partial charge in [0, 0.05) is 30.0 Å². The number of methoxy groups -OCH3 is 1. The van der Waals surface area contributed by atoms with Crippen molar-refractivity contribution in [1.82, 2.24) is 20.2 Å². The number of piperidine rings is 1. The van der Waals surface area contributed by atoms with Gasteiger partial charge in [0.25, 0.3) is 5.91 Å². The molecule has 2 amide bonds. The van der Waals surface area contributed by atoms with E-state index in [-0.39, 0.29) is 30.3 Å². The number of rotatable bonds is 8. The smallest absolute Gasteiger partial charge is 0.421 e. The molecular formula is C30H34F3N7O3. The van der Waals surface area contributed by atoms with E-state index in [9.17, 15) is 22.8 Å². The van der Waals surface area contributed by atoms with Gasteiger partial charge in [-0.05, 0) is 82.2 Å². The second-order valence-electron chi connectivity index (χ2n) is 11.3. The van der Waals surface area contributed by atoms with Gasteiger partial charge in [-0.25, -0.2) is 4.98 Å². The molecule has 43 heavy (non-hydrogen) atoms. The molecule has 228 valence electrons. The third-order valence-electron chi connectivity index (χ3n) is 7.90. The van der Waals surface area contributed by atoms with Crippen molar-refractivity contribution in [1.29, 1.82) is 0 Å². The van der Waals surface area contributed by atoms with Crippen molar-refractivity contribution >= 4 is 35.0 Å². The molecule has 0 aliphatic carbocycles. The summed E-state index contributed by atoms with van der Waals surface area (Å²) in [6.07, 6.45) is -2.28. The average Bonchev–Trinajstić information content (AvgIpc) is 3.20. The Bertz CT molecular complexity index is 1540. The Balaban J connectivity index is 1.36. The summed E-state index contributed by atoms with van der Waals surface area (Å²) in [6, 6.07) is 10.1. The number of benzene rings is 2. The summed E-state index contributed by atoms with van der Waals surface area (Å²) in [4.78, 5) is 35.6. The van der Waals surface area contributed by atoms with Crippen LogP contribution >= 0.6 is 0 Å². The highest BCUT2D eigenvalue weighted by atomic mass is 19.4. The quantitative estimate of drug-likeness (QED) is 0.289. The third-order valence-corrected chi connectivity index (χ3v) is 7.90. The second-order valence-corrected chi connectivity index (χ2v) is 11.3. The van der Waals surface area contributed by atoms with Crippen molar-refractivity contribution in [3.05, 3.63) is 64.8 Å². The van der Waals surface area contributed by atoms with E-state index >= 15 is 0 Å². The highest BCUT2D eigenvalue weighted by Crippen LogP contribution is 2.40. The van der Waals surface area contributed by atoms with E-state index in [0.29, 0.717) is 34.4 Å². The number of carbonyl (C=O) groups excluding carboxylic acids is 2. The standard InChI is InChI=1S/C30H34F3N7O3/c1-29(2)24-18(6-5-7-22(24)37-27(29)42)15-34-25-20(30(31,32)33)16-35-28(39-25)38-21-9-8-17(14-23(21)43-4)26(41)36-19-10-12-40(3)13-11-19/h5-9,14,16,19H,10-13,15H2,1-4H3,(H,36,41)(H,37,42)(H2,34,35,38,39). The molecule has 0 radical (unpaired) electrons. The first-order valence-electron chi connectivity index (χ1n) is 13.9. The lowest BCUT2D eigenvalue weighted by atomic mass is 9.83. The summed E-state index contributed by atoms with van der Waals surface area (Å²) in [5.74, 6) is -0.644. The van der Waals surface area contributed by atoms with Crippen LogP contribution in [0.5, 0.6) is 5.75 Å². The van der Waals surface area contributed by atoms with Gasteiger partial charge in [0.05, 0.1) is 18.2 Å². The van der Waals surface area contributed by atoms with E-state index in [4.69, 9.17) is 4.74 Å². The van der Waals surface area contributed by atoms with Gasteiger partial charge in [-0.2, -0.15) is 18.2 Å². The van der Waals surface area contributed by atoms with E-state index in [0.717, 1.165) is 31.5 Å². The Morgan fingerprint density at radius 2 is 1.93 bits per heavy atom. The van der Waals surface area contributed by atoms with Crippen LogP contribution in [-0.2, 0) is 22.9 Å². The normalized spacial score (nSPS) is 16.8. The highest BCUT2D eigenvalue weighted by molar-refractivity contribution is 6.06. The fourth-order valence-corrected chi connectivity index (χ4v) is 5.42. The minimum Gasteiger partial charge on any atom is -0.495 e. The zero-order valence-corrected chi connectivity index (χ0v) is 24.4. The molecule has 0 spiro atoms. The largest absolute Gasteiger partial charge is 0.495 e. The molecule has 2 aromatic carbocycles. The van der Waals surface area contributed by atoms with Crippen molar-refractivity contribution in [3.63, 3.8) is 0 Å². The molecule has 2 aliphatic heterocycles. The van der Waals surface area contributed by atoms with Gasteiger partial charge in [0.15, 0.2) is 0 Å². The first-order chi connectivity index (χ1) is 20.4. The van der Waals surface area contributed by atoms with Gasteiger partial charge >= 0.3 is 6.18 Å². The van der Waals surface area contributed by atoms with E-state index in [1.807, 2.05) is 7.05 Å². The molecule has 10 nitrogen and oxygen atoms in total. The zero-order valence-electron chi connectivity index (χ0n) is 24.4. The maximum atomic E-state index is 13.9. The number of ether oxygens (including phenoxy) is 1. The number of likely N-dealkylation sites (tertiary alicyclic amines) is 1. The summed E-state index contributed by atoms with van der Waals surface area (Å²) >= 11 is 0. The molecule has 3 aromatic rings. The third kappa shape index (κ3) is 6.36. The number of fused-ring (bicyclic) bond motifs is 1. The number of nitrogens with zero attached hydrogens (tertiary/aromatic N) is 3. The Morgan fingerprint density at radius 3 is 2.63 bits per heavy atom. The molecule has 2 aliphatic rings. The number of alkyl halides is 3. The average molecular weight is 598 g/mol. The van der Waals surface area contributed by atoms with Crippen LogP contribution < -0.4 is 26.0 Å². The molecule has 13 heteroatoms. The molecule has 4 N–H and O–H groups in total. The molecule has 1 fully saturated rings. The number of hydrogen-bond acceptors (Lipinski definition) is 8. The summed E-state index contributed by atoms with van der Waals surface area (Å²) in [5, 5.41) is 11.6. The lowest BCUT2D eigenvalue weighted by molar-refractivity contribution is -0.137. The van der Waals surface area contributed by atoms with Crippen molar-refractivity contribution in [3.8, 4) is 5.75 Å². The number of halogens is 3. The van der Waals surface area contributed by atoms with Crippen LogP contribution in [0.15, 0.2) is 42.6 Å². The van der Waals surface area contributed by atoms with E-state index < -0.39 is 23.0 Å². The molecule has 0 saturated carbocycles. The van der Waals surface area contributed by atoms with Crippen LogP contribution in [0.1, 0.15) is 53.7 Å². The van der Waals surface area contributed by atoms with Gasteiger partial charge in [-0.3, -0.25) is 9.59 Å². The Labute approximate surface area is 247 Å². The Kier molecular flexibility index (Phi) is 8.19. The monoisotopic (exact) mass is 597 g/mol. The van der Waals surface area contributed by atoms with Crippen LogP contribution in [0.4, 0.5) is 36.3 Å². The molecule has 3 heterocycles. The fourth-order valence-electron chi connectivity index (χ4n) is 5.42. The van der Waals surface area contributed by atoms with Gasteiger partial charge in [0.2, 0.25) is 11.9 Å². The summed E-state index contributed by atoms with van der Waals surface area (Å²) < 4.78 is 47.2. The number of carbonyl (C=O) groups is 2. The molecule has 0 unspecified atom stereocenters. The fraction of sp³-hybridized carbons (Fsp3) is 0.400. The number of anilines is 4. The zero-order chi connectivity index (χ0) is 30.9. The molecule has 1 saturated heterocycles. The topological polar surface area (TPSA) is 121 Å². The van der Waals surface area contributed by atoms with Gasteiger partial charge < -0.3 is 30.9 Å². The number of nitrogens with one attached hydrogen (secondary N) is 4. The predicted octanol–water partition coefficient (Wildman–Crippen LogP) is 4.91. The van der Waals surface area contributed by atoms with Crippen LogP contribution in [0.2, 0.25) is 0 Å². The minimum absolute atomic E-state index is 0.00842. The second kappa shape index (κ2) is 11.7. The number of hydrogen-bond donors (Lipinski definition) is 4. The van der Waals surface area contributed by atoms with Crippen molar-refractivity contribution < 1.29 is 27.5 Å². The summed E-state index contributed by atoms with van der Waals surface area (Å²) in [5.41, 5.74) is 0.902. The molecule has 0 bridgehead atoms. The summed E-state index contributed by atoms with van der Waals surface area (Å²) in [6.45, 7) is 5.34. The lowest BCUT2D eigenvalue weighted by Gasteiger charge is -2.29. The Morgan fingerprint density at radius 1 is 1.19 bits per heavy atom. The van der Waals surface area contributed by atoms with Crippen molar-refractivity contribution in [2.75, 3.05) is 43.2 Å². The molecular weight excluding hydrogens is 563 g/mol. The molecule has 1 aromatic heterocycles. The maximum Gasteiger partial charge on any atom is 0.421 e. The number of aromatic nitrogens is 2. The van der Waals surface area contributed by atoms with E-state index in [1.54, 1.807) is 50.2 Å². The van der Waals surface area contributed by atoms with Crippen molar-refractivity contribution in [2.45, 2.75) is 50.9 Å². The summed E-state index contributed by atoms with van der Waals surface area (Å²) in [7, 11) is 3.48. The SMILES string of the molecule is COc1cc(C(=O)NC2CCN(C)CC2)ccc1Nc1ncc(C(F)(F)F)c(NCc2cccc3c2C(C)(C)C(=O)N3)n1. The Hall–Kier alpha value is -4.39. The highest BCUT2D eigenvalue weighted by Gasteiger charge is 2.40. The number of amides is 2. The van der Waals surface area contributed by atoms with Crippen LogP contribution in [0.25, 0.3) is 0 Å². The van der Waals surface area contributed by atoms with Crippen LogP contribution in [0, 0.1) is 0 Å². The van der Waals surface area contributed by atoms with E-state index in [2.05, 4.69) is 36.1 Å². The molecule has 0 atom stereocenters. The van der Waals surface area contributed by atoms with Crippen molar-refractivity contribution in [2.24, 2.45) is 0 Å². The van der Waals surface area contributed by atoms with Crippen LogP contribution in [0.3, 0.4) is 0 Å². The minimum atomic E-state index is -4.71. The molecule has 5 rings (SSSR count). The lowest BCUT2D eigenvalue weighted by Crippen LogP contribution is -2.43. The van der Waals surface area contributed by atoms with Gasteiger partial charge in [-0.1, -0.05) is 12.1 Å². The maximum absolute atomic E-state index is 13.9. The van der Waals surface area contributed by atoms with Gasteiger partial charge in [-0.15, -0.1) is 0 Å². The predicted molar refractivity (Wildman–Crippen MR) is 157 cm³/mol. The first-order valence-corrected chi connectivity index (χ1v) is 13.9. The van der Waals surface area contributed by atoms with E-state index in [1.165, 1.54) is 7.11 Å².